The molecule has 0 aliphatic heterocycles. The van der Waals surface area contributed by atoms with Crippen LogP contribution in [0.2, 0.25) is 0 Å². The lowest BCUT2D eigenvalue weighted by Gasteiger charge is -2.36. The number of nitrogens with zero attached hydrogens (tertiary/aromatic N) is 2. The van der Waals surface area contributed by atoms with Crippen LogP contribution in [0.3, 0.4) is 0 Å². The van der Waals surface area contributed by atoms with Gasteiger partial charge in [-0.2, -0.15) is 8.78 Å². The van der Waals surface area contributed by atoms with Gasteiger partial charge in [-0.05, 0) is 49.4 Å². The Kier molecular flexibility index (Phi) is 10.2. The third kappa shape index (κ3) is 7.97. The molecule has 1 aliphatic carbocycles. The third-order valence-corrected chi connectivity index (χ3v) is 5.42. The number of hydrogen-bond donors (Lipinski definition) is 2. The van der Waals surface area contributed by atoms with Crippen molar-refractivity contribution in [2.45, 2.75) is 78.4 Å². The molecular weight excluding hydrogens is 442 g/mol. The molecule has 34 heavy (non-hydrogen) atoms. The van der Waals surface area contributed by atoms with Gasteiger partial charge in [0.25, 0.3) is 0 Å². The fourth-order valence-corrected chi connectivity index (χ4v) is 3.98. The zero-order chi connectivity index (χ0) is 25.3. The molecular formula is C25H34F2N4O3. The van der Waals surface area contributed by atoms with E-state index < -0.39 is 6.61 Å². The first-order valence-corrected chi connectivity index (χ1v) is 11.5. The van der Waals surface area contributed by atoms with Crippen molar-refractivity contribution < 1.29 is 23.1 Å². The number of aryl methyl sites for hydroxylation is 1. The fraction of sp³-hybridized carbons (Fsp3) is 0.480. The molecule has 3 N–H and O–H groups in total. The number of anilines is 2. The topological polar surface area (TPSA) is 97.5 Å². The number of para-hydroxylation sites is 1. The lowest BCUT2D eigenvalue weighted by molar-refractivity contribution is -0.115. The van der Waals surface area contributed by atoms with Gasteiger partial charge in [0.05, 0.1) is 0 Å². The molecule has 1 aromatic heterocycles. The normalized spacial score (nSPS) is 13.8. The summed E-state index contributed by atoms with van der Waals surface area (Å²) in [7, 11) is 0. The van der Waals surface area contributed by atoms with Crippen molar-refractivity contribution in [3.05, 3.63) is 47.7 Å². The Labute approximate surface area is 199 Å². The van der Waals surface area contributed by atoms with Crippen molar-refractivity contribution in [1.82, 2.24) is 4.98 Å². The second-order valence-electron chi connectivity index (χ2n) is 8.60. The zero-order valence-electron chi connectivity index (χ0n) is 20.2. The van der Waals surface area contributed by atoms with Crippen LogP contribution in [0.4, 0.5) is 25.0 Å². The minimum Gasteiger partial charge on any atom is -0.415 e. The first-order chi connectivity index (χ1) is 16.1. The van der Waals surface area contributed by atoms with Crippen LogP contribution in [-0.4, -0.2) is 29.6 Å². The quantitative estimate of drug-likeness (QED) is 0.536. The highest BCUT2D eigenvalue weighted by molar-refractivity contribution is 6.03. The molecule has 0 bridgehead atoms. The minimum absolute atomic E-state index is 0.0523. The highest BCUT2D eigenvalue weighted by Gasteiger charge is 2.30. The molecule has 0 unspecified atom stereocenters. The summed E-state index contributed by atoms with van der Waals surface area (Å²) in [5.74, 6) is -0.377. The Morgan fingerprint density at radius 1 is 1.12 bits per heavy atom. The van der Waals surface area contributed by atoms with Crippen molar-refractivity contribution in [2.24, 2.45) is 5.73 Å². The predicted molar refractivity (Wildman–Crippen MR) is 129 cm³/mol. The van der Waals surface area contributed by atoms with Crippen LogP contribution >= 0.6 is 0 Å². The maximum absolute atomic E-state index is 13.5. The van der Waals surface area contributed by atoms with E-state index in [-0.39, 0.29) is 35.5 Å². The number of pyridine rings is 1. The highest BCUT2D eigenvalue weighted by Crippen LogP contribution is 2.34. The van der Waals surface area contributed by atoms with Crippen molar-refractivity contribution >= 4 is 23.3 Å². The molecule has 2 aromatic rings. The van der Waals surface area contributed by atoms with Crippen LogP contribution < -0.4 is 20.7 Å². The van der Waals surface area contributed by atoms with Crippen LogP contribution in [0, 0.1) is 6.92 Å². The number of hydrogen-bond acceptors (Lipinski definition) is 4. The lowest BCUT2D eigenvalue weighted by Crippen LogP contribution is -2.44. The summed E-state index contributed by atoms with van der Waals surface area (Å²) in [4.78, 5) is 28.5. The lowest BCUT2D eigenvalue weighted by atomic mass is 9.92. The first kappa shape index (κ1) is 27.0. The molecule has 0 saturated heterocycles. The molecule has 0 atom stereocenters. The molecule has 0 spiro atoms. The number of alkyl halides is 2. The molecule has 1 heterocycles. The SMILES string of the molecule is CC(N)=O.Cc1ccc(NC(=O)N(c2ccccc2C(C)C)C2CCCCC2)c(OC(F)F)n1. The Morgan fingerprint density at radius 2 is 1.74 bits per heavy atom. The third-order valence-electron chi connectivity index (χ3n) is 5.42. The smallest absolute Gasteiger partial charge is 0.388 e. The van der Waals surface area contributed by atoms with Gasteiger partial charge in [-0.15, -0.1) is 0 Å². The van der Waals surface area contributed by atoms with Gasteiger partial charge in [0.15, 0.2) is 0 Å². The van der Waals surface area contributed by atoms with Crippen LogP contribution in [0.15, 0.2) is 36.4 Å². The molecule has 3 rings (SSSR count). The molecule has 186 valence electrons. The van der Waals surface area contributed by atoms with Crippen LogP contribution in [0.5, 0.6) is 5.88 Å². The fourth-order valence-electron chi connectivity index (χ4n) is 3.98. The van der Waals surface area contributed by atoms with E-state index in [9.17, 15) is 18.4 Å². The Bertz CT molecular complexity index is 959. The molecule has 7 nitrogen and oxygen atoms in total. The van der Waals surface area contributed by atoms with Crippen LogP contribution in [0.1, 0.15) is 70.1 Å². The van der Waals surface area contributed by atoms with E-state index in [1.54, 1.807) is 24.0 Å². The molecule has 0 radical (unpaired) electrons. The first-order valence-electron chi connectivity index (χ1n) is 11.5. The predicted octanol–water partition coefficient (Wildman–Crippen LogP) is 5.98. The van der Waals surface area contributed by atoms with E-state index in [2.05, 4.69) is 34.6 Å². The van der Waals surface area contributed by atoms with Gasteiger partial charge < -0.3 is 15.8 Å². The Hall–Kier alpha value is -3.23. The highest BCUT2D eigenvalue weighted by atomic mass is 19.3. The van der Waals surface area contributed by atoms with Gasteiger partial charge in [-0.3, -0.25) is 9.69 Å². The van der Waals surface area contributed by atoms with Crippen molar-refractivity contribution in [3.63, 3.8) is 0 Å². The summed E-state index contributed by atoms with van der Waals surface area (Å²) >= 11 is 0. The second-order valence-corrected chi connectivity index (χ2v) is 8.60. The summed E-state index contributed by atoms with van der Waals surface area (Å²) in [5.41, 5.74) is 7.06. The molecule has 1 saturated carbocycles. The maximum atomic E-state index is 13.5. The number of rotatable bonds is 6. The van der Waals surface area contributed by atoms with E-state index >= 15 is 0 Å². The number of halogens is 2. The Morgan fingerprint density at radius 3 is 2.32 bits per heavy atom. The number of urea groups is 1. The number of ether oxygens (including phenoxy) is 1. The monoisotopic (exact) mass is 476 g/mol. The number of nitrogens with two attached hydrogens (primary N) is 1. The summed E-state index contributed by atoms with van der Waals surface area (Å²) in [6.45, 7) is 4.14. The number of amides is 3. The largest absolute Gasteiger partial charge is 0.415 e. The number of aromatic nitrogens is 1. The van der Waals surface area contributed by atoms with Crippen LogP contribution in [0.25, 0.3) is 0 Å². The average molecular weight is 477 g/mol. The van der Waals surface area contributed by atoms with Gasteiger partial charge in [0, 0.05) is 24.3 Å². The van der Waals surface area contributed by atoms with E-state index in [1.165, 1.54) is 6.92 Å². The second kappa shape index (κ2) is 12.9. The summed E-state index contributed by atoms with van der Waals surface area (Å²) in [6.07, 6.45) is 5.10. The number of carbonyl (C=O) groups excluding carboxylic acids is 2. The summed E-state index contributed by atoms with van der Waals surface area (Å²) in [5, 5.41) is 2.77. The number of carbonyl (C=O) groups is 2. The van der Waals surface area contributed by atoms with Crippen LogP contribution in [-0.2, 0) is 4.79 Å². The van der Waals surface area contributed by atoms with E-state index in [1.807, 2.05) is 24.3 Å². The minimum atomic E-state index is -3.02. The number of benzene rings is 1. The van der Waals surface area contributed by atoms with Crippen molar-refractivity contribution in [1.29, 1.82) is 0 Å². The van der Waals surface area contributed by atoms with E-state index in [4.69, 9.17) is 0 Å². The van der Waals surface area contributed by atoms with Gasteiger partial charge in [-0.25, -0.2) is 9.78 Å². The summed E-state index contributed by atoms with van der Waals surface area (Å²) < 4.78 is 30.2. The molecule has 1 fully saturated rings. The standard InChI is InChI=1S/C23H29F2N3O2.C2H5NO/c1-15(2)18-11-7-8-12-20(18)28(17-9-5-4-6-10-17)23(29)27-19-14-13-16(3)26-21(19)30-22(24)25;1-2(3)4/h7-8,11-15,17,22H,4-6,9-10H2,1-3H3,(H,27,29);1H3,(H2,3,4). The van der Waals surface area contributed by atoms with Gasteiger partial charge in [-0.1, -0.05) is 51.3 Å². The molecule has 1 aliphatic rings. The summed E-state index contributed by atoms with van der Waals surface area (Å²) in [6, 6.07) is 10.8. The van der Waals surface area contributed by atoms with Crippen molar-refractivity contribution in [3.8, 4) is 5.88 Å². The molecule has 9 heteroatoms. The number of primary amides is 1. The van der Waals surface area contributed by atoms with Gasteiger partial charge >= 0.3 is 12.6 Å². The van der Waals surface area contributed by atoms with Crippen molar-refractivity contribution in [2.75, 3.05) is 10.2 Å². The zero-order valence-corrected chi connectivity index (χ0v) is 20.2. The van der Waals surface area contributed by atoms with Gasteiger partial charge in [0.2, 0.25) is 11.8 Å². The molecule has 3 amide bonds. The van der Waals surface area contributed by atoms with E-state index in [0.29, 0.717) is 5.69 Å². The van der Waals surface area contributed by atoms with Gasteiger partial charge in [0.1, 0.15) is 5.69 Å². The maximum Gasteiger partial charge on any atom is 0.388 e. The average Bonchev–Trinajstić information content (AvgIpc) is 2.76. The Balaban J connectivity index is 0.000000945. The number of nitrogens with one attached hydrogen (secondary N) is 1. The van der Waals surface area contributed by atoms with E-state index in [0.717, 1.165) is 43.4 Å². The molecule has 1 aromatic carbocycles.